The largest absolute Gasteiger partial charge is 0.378 e. The molecule has 4 nitrogen and oxygen atoms in total. The maximum atomic E-state index is 6.88. The second-order valence-electron chi connectivity index (χ2n) is 3.42. The number of nitrogens with two attached hydrogens (primary N) is 3. The second kappa shape index (κ2) is 20.5. The Bertz CT molecular complexity index is 209. The summed E-state index contributed by atoms with van der Waals surface area (Å²) in [7, 11) is 2.99. The van der Waals surface area contributed by atoms with Crippen LogP contribution in [0.5, 0.6) is 0 Å². The van der Waals surface area contributed by atoms with Crippen LogP contribution in [0.3, 0.4) is 0 Å². The Morgan fingerprint density at radius 3 is 1.68 bits per heavy atom. The van der Waals surface area contributed by atoms with Crippen molar-refractivity contribution < 1.29 is 0 Å². The van der Waals surface area contributed by atoms with Crippen LogP contribution in [0, 0.1) is 5.41 Å². The summed E-state index contributed by atoms with van der Waals surface area (Å²) < 4.78 is 0. The number of rotatable bonds is 4. The van der Waals surface area contributed by atoms with Crippen LogP contribution < -0.4 is 17.2 Å². The zero-order valence-electron chi connectivity index (χ0n) is 11.5. The third-order valence-corrected chi connectivity index (χ3v) is 4.58. The van der Waals surface area contributed by atoms with Crippen LogP contribution in [0.15, 0.2) is 0 Å². The molecule has 0 fully saturated rings. The van der Waals surface area contributed by atoms with Crippen molar-refractivity contribution in [1.29, 1.82) is 5.41 Å². The summed E-state index contributed by atoms with van der Waals surface area (Å²) in [4.78, 5) is 0. The van der Waals surface area contributed by atoms with Crippen LogP contribution in [0.4, 0.5) is 0 Å². The normalized spacial score (nSPS) is 11.4. The number of nitrogens with one attached hydrogen (secondary N) is 1. The van der Waals surface area contributed by atoms with Crippen LogP contribution in [0.1, 0.15) is 48.0 Å². The third kappa shape index (κ3) is 56.4. The van der Waals surface area contributed by atoms with Crippen LogP contribution in [-0.2, 0) is 0 Å². The fourth-order valence-corrected chi connectivity index (χ4v) is 1.82. The molecule has 0 aromatic carbocycles. The van der Waals surface area contributed by atoms with E-state index in [0.29, 0.717) is 10.5 Å². The van der Waals surface area contributed by atoms with Gasteiger partial charge in [-0.25, -0.2) is 0 Å². The van der Waals surface area contributed by atoms with Gasteiger partial charge in [-0.3, -0.25) is 5.41 Å². The summed E-state index contributed by atoms with van der Waals surface area (Å²) in [6.07, 6.45) is 2.30. The van der Waals surface area contributed by atoms with Crippen molar-refractivity contribution in [2.75, 3.05) is 0 Å². The standard InChI is InChI=1S/C5H12N2S2.C4H10S.CH4N2S.CH4/c1-3-4(2)8-9-5(6)7;1-3-4(2)5;2-1(3)4;/h4H,3H2,1-2H3,(H3,6,7);4-5H,3H2,1-2H3;(H4,2,3,4);1H4. The van der Waals surface area contributed by atoms with Gasteiger partial charge in [0.25, 0.3) is 0 Å². The molecular formula is C11H30N4S4. The number of thiol groups is 1. The lowest BCUT2D eigenvalue weighted by molar-refractivity contribution is 0.912. The van der Waals surface area contributed by atoms with Gasteiger partial charge in [0.15, 0.2) is 10.3 Å². The number of thiocarbonyl (C=S) groups is 1. The van der Waals surface area contributed by atoms with E-state index in [0.717, 1.165) is 6.42 Å². The fourth-order valence-electron chi connectivity index (χ4n) is 0.202. The van der Waals surface area contributed by atoms with Crippen molar-refractivity contribution in [1.82, 2.24) is 0 Å². The molecule has 2 unspecified atom stereocenters. The highest BCUT2D eigenvalue weighted by molar-refractivity contribution is 8.82. The van der Waals surface area contributed by atoms with Crippen LogP contribution in [0.25, 0.3) is 0 Å². The summed E-state index contributed by atoms with van der Waals surface area (Å²) in [6, 6.07) is 0. The Labute approximate surface area is 137 Å². The number of hydrogen-bond donors (Lipinski definition) is 5. The summed E-state index contributed by atoms with van der Waals surface area (Å²) in [5.74, 6) is 0. The molecular weight excluding hydrogens is 316 g/mol. The SMILES string of the molecule is C.CCC(C)S.CCC(C)SSC(=N)N.NC(N)=S. The molecule has 0 aliphatic heterocycles. The predicted octanol–water partition coefficient (Wildman–Crippen LogP) is 3.60. The maximum Gasteiger partial charge on any atom is 0.161 e. The van der Waals surface area contributed by atoms with Gasteiger partial charge < -0.3 is 17.2 Å². The third-order valence-electron chi connectivity index (χ3n) is 1.47. The fraction of sp³-hybridized carbons (Fsp3) is 0.818. The van der Waals surface area contributed by atoms with E-state index in [2.05, 4.69) is 64.0 Å². The van der Waals surface area contributed by atoms with Crippen molar-refractivity contribution >= 4 is 56.7 Å². The average molecular weight is 347 g/mol. The van der Waals surface area contributed by atoms with Crippen LogP contribution >= 0.6 is 46.4 Å². The van der Waals surface area contributed by atoms with Gasteiger partial charge in [0.1, 0.15) is 0 Å². The molecule has 0 aliphatic rings. The molecule has 0 amide bonds. The Hall–Kier alpha value is 0.210. The van der Waals surface area contributed by atoms with Gasteiger partial charge in [0, 0.05) is 5.25 Å². The van der Waals surface area contributed by atoms with E-state index in [1.54, 1.807) is 10.8 Å². The summed E-state index contributed by atoms with van der Waals surface area (Å²) in [6.45, 7) is 8.46. The van der Waals surface area contributed by atoms with E-state index in [1.165, 1.54) is 17.2 Å². The Morgan fingerprint density at radius 1 is 1.21 bits per heavy atom. The van der Waals surface area contributed by atoms with E-state index in [4.69, 9.17) is 11.1 Å². The zero-order chi connectivity index (χ0) is 15.1. The van der Waals surface area contributed by atoms with Gasteiger partial charge in [-0.05, 0) is 41.1 Å². The highest BCUT2D eigenvalue weighted by Crippen LogP contribution is 2.27. The van der Waals surface area contributed by atoms with E-state index < -0.39 is 0 Å². The molecule has 0 rings (SSSR count). The van der Waals surface area contributed by atoms with Gasteiger partial charge >= 0.3 is 0 Å². The van der Waals surface area contributed by atoms with E-state index in [1.807, 2.05) is 0 Å². The first-order valence-corrected chi connectivity index (χ1v) is 8.71. The van der Waals surface area contributed by atoms with Crippen LogP contribution in [-0.4, -0.2) is 20.8 Å². The van der Waals surface area contributed by atoms with Gasteiger partial charge in [0.05, 0.1) is 0 Å². The molecule has 7 N–H and O–H groups in total. The molecule has 0 saturated carbocycles. The monoisotopic (exact) mass is 346 g/mol. The topological polar surface area (TPSA) is 102 Å². The highest BCUT2D eigenvalue weighted by atomic mass is 33.1. The van der Waals surface area contributed by atoms with Crippen LogP contribution in [0.2, 0.25) is 0 Å². The molecule has 0 aromatic heterocycles. The number of hydrogen-bond acceptors (Lipinski definition) is 5. The molecule has 0 radical (unpaired) electrons. The van der Waals surface area contributed by atoms with E-state index in [9.17, 15) is 0 Å². The van der Waals surface area contributed by atoms with Gasteiger partial charge in [0.2, 0.25) is 0 Å². The van der Waals surface area contributed by atoms with E-state index in [-0.39, 0.29) is 17.7 Å². The minimum Gasteiger partial charge on any atom is -0.378 e. The molecule has 0 aromatic rings. The minimum absolute atomic E-state index is 0. The minimum atomic E-state index is 0. The zero-order valence-corrected chi connectivity index (χ0v) is 14.8. The van der Waals surface area contributed by atoms with Crippen molar-refractivity contribution in [3.05, 3.63) is 0 Å². The van der Waals surface area contributed by atoms with Crippen molar-refractivity contribution in [2.45, 2.75) is 58.5 Å². The molecule has 118 valence electrons. The van der Waals surface area contributed by atoms with Gasteiger partial charge in [-0.15, -0.1) is 0 Å². The average Bonchev–Trinajstić information content (AvgIpc) is 2.25. The number of amidine groups is 1. The highest BCUT2D eigenvalue weighted by Gasteiger charge is 1.99. The lowest BCUT2D eigenvalue weighted by Crippen LogP contribution is -2.18. The maximum absolute atomic E-state index is 6.88. The molecule has 0 saturated heterocycles. The van der Waals surface area contributed by atoms with E-state index >= 15 is 0 Å². The Morgan fingerprint density at radius 2 is 1.53 bits per heavy atom. The molecule has 2 atom stereocenters. The molecule has 0 aliphatic carbocycles. The second-order valence-corrected chi connectivity index (χ2v) is 7.46. The Kier molecular flexibility index (Phi) is 29.7. The molecule has 19 heavy (non-hydrogen) atoms. The molecule has 8 heteroatoms. The lowest BCUT2D eigenvalue weighted by Gasteiger charge is -2.03. The smallest absolute Gasteiger partial charge is 0.161 e. The molecule has 0 bridgehead atoms. The molecule has 0 heterocycles. The predicted molar refractivity (Wildman–Crippen MR) is 103 cm³/mol. The van der Waals surface area contributed by atoms with Crippen molar-refractivity contribution in [3.8, 4) is 0 Å². The van der Waals surface area contributed by atoms with Crippen molar-refractivity contribution in [3.63, 3.8) is 0 Å². The summed E-state index contributed by atoms with van der Waals surface area (Å²) >= 11 is 8.19. The summed E-state index contributed by atoms with van der Waals surface area (Å²) in [5, 5.41) is 8.25. The molecule has 0 spiro atoms. The Balaban J connectivity index is -0.0000000964. The first kappa shape index (κ1) is 27.5. The summed E-state index contributed by atoms with van der Waals surface area (Å²) in [5.41, 5.74) is 14.4. The van der Waals surface area contributed by atoms with Crippen molar-refractivity contribution in [2.24, 2.45) is 17.2 Å². The first-order chi connectivity index (χ1) is 8.17. The van der Waals surface area contributed by atoms with Gasteiger partial charge in [-0.1, -0.05) is 45.9 Å². The van der Waals surface area contributed by atoms with Gasteiger partial charge in [-0.2, -0.15) is 12.6 Å². The first-order valence-electron chi connectivity index (χ1n) is 5.57. The lowest BCUT2D eigenvalue weighted by atomic mass is 10.4. The quantitative estimate of drug-likeness (QED) is 0.175.